The highest BCUT2D eigenvalue weighted by atomic mass is 79.9. The van der Waals surface area contributed by atoms with Crippen LogP contribution in [0.25, 0.3) is 22.2 Å². The van der Waals surface area contributed by atoms with Gasteiger partial charge in [-0.2, -0.15) is 5.10 Å². The Morgan fingerprint density at radius 2 is 1.92 bits per heavy atom. The van der Waals surface area contributed by atoms with E-state index in [1.54, 1.807) is 0 Å². The van der Waals surface area contributed by atoms with Crippen molar-refractivity contribution in [1.29, 1.82) is 5.41 Å². The Morgan fingerprint density at radius 3 is 2.56 bits per heavy atom. The highest BCUT2D eigenvalue weighted by molar-refractivity contribution is 9.10. The molecule has 0 spiro atoms. The molecular formula is C18H17BrClN5. The number of hydrogen-bond acceptors (Lipinski definition) is 2. The molecule has 0 aliphatic heterocycles. The molecule has 1 heterocycles. The summed E-state index contributed by atoms with van der Waals surface area (Å²) in [5.41, 5.74) is 12.7. The molecule has 0 aliphatic rings. The summed E-state index contributed by atoms with van der Waals surface area (Å²) in [6.07, 6.45) is 0. The number of nitrogens with zero attached hydrogens (tertiary/aromatic N) is 2. The first kappa shape index (κ1) is 17.5. The molecule has 7 heteroatoms. The lowest BCUT2D eigenvalue weighted by molar-refractivity contribution is 0.972. The van der Waals surface area contributed by atoms with Crippen molar-refractivity contribution in [3.63, 3.8) is 0 Å². The van der Waals surface area contributed by atoms with Gasteiger partial charge in [0.2, 0.25) is 5.96 Å². The molecule has 2 aromatic carbocycles. The molecule has 5 nitrogen and oxygen atoms in total. The number of hydrogen-bond donors (Lipinski definition) is 3. The first-order valence-corrected chi connectivity index (χ1v) is 8.74. The summed E-state index contributed by atoms with van der Waals surface area (Å²) >= 11 is 9.70. The Kier molecular flexibility index (Phi) is 4.83. The zero-order valence-electron chi connectivity index (χ0n) is 13.8. The number of rotatable bonds is 3. The van der Waals surface area contributed by atoms with Gasteiger partial charge in [-0.3, -0.25) is 5.41 Å². The van der Waals surface area contributed by atoms with Crippen LogP contribution >= 0.6 is 27.5 Å². The Hall–Kier alpha value is -2.31. The van der Waals surface area contributed by atoms with Crippen molar-refractivity contribution in [2.75, 3.05) is 0 Å². The molecular weight excluding hydrogens is 402 g/mol. The molecule has 0 saturated heterocycles. The van der Waals surface area contributed by atoms with Gasteiger partial charge in [-0.25, -0.2) is 5.43 Å². The van der Waals surface area contributed by atoms with E-state index in [4.69, 9.17) is 22.7 Å². The van der Waals surface area contributed by atoms with Crippen LogP contribution in [0.5, 0.6) is 0 Å². The van der Waals surface area contributed by atoms with Crippen molar-refractivity contribution in [1.82, 2.24) is 9.99 Å². The predicted molar refractivity (Wildman–Crippen MR) is 108 cm³/mol. The third-order valence-corrected chi connectivity index (χ3v) is 4.75. The standard InChI is InChI=1S/C18H17BrClN5/c1-10(23-24-18(21)22)16-14-9-13(20)7-8-15(14)25(2)17(16)11-3-5-12(19)6-4-11/h3-9H,1-2H3,(H4,21,22,24)/b23-10-. The smallest absolute Gasteiger partial charge is 0.206 e. The van der Waals surface area contributed by atoms with E-state index >= 15 is 0 Å². The molecule has 0 bridgehead atoms. The third kappa shape index (κ3) is 3.41. The van der Waals surface area contributed by atoms with Crippen molar-refractivity contribution >= 4 is 50.1 Å². The summed E-state index contributed by atoms with van der Waals surface area (Å²) < 4.78 is 3.14. The van der Waals surface area contributed by atoms with E-state index in [0.29, 0.717) is 5.02 Å². The molecule has 4 N–H and O–H groups in total. The van der Waals surface area contributed by atoms with Crippen molar-refractivity contribution in [3.8, 4) is 11.3 Å². The molecule has 25 heavy (non-hydrogen) atoms. The van der Waals surface area contributed by atoms with Crippen LogP contribution in [0.3, 0.4) is 0 Å². The first-order valence-electron chi connectivity index (χ1n) is 7.57. The van der Waals surface area contributed by atoms with E-state index < -0.39 is 0 Å². The van der Waals surface area contributed by atoms with Crippen LogP contribution in [0, 0.1) is 5.41 Å². The van der Waals surface area contributed by atoms with Crippen molar-refractivity contribution in [2.24, 2.45) is 17.9 Å². The maximum Gasteiger partial charge on any atom is 0.206 e. The van der Waals surface area contributed by atoms with Crippen LogP contribution in [0.2, 0.25) is 5.02 Å². The molecule has 0 atom stereocenters. The minimum atomic E-state index is -0.206. The Bertz CT molecular complexity index is 989. The minimum Gasteiger partial charge on any atom is -0.369 e. The average molecular weight is 419 g/mol. The van der Waals surface area contributed by atoms with Gasteiger partial charge in [-0.15, -0.1) is 0 Å². The van der Waals surface area contributed by atoms with Crippen LogP contribution in [-0.4, -0.2) is 16.2 Å². The van der Waals surface area contributed by atoms with E-state index in [1.807, 2.05) is 44.3 Å². The van der Waals surface area contributed by atoms with Gasteiger partial charge in [0.15, 0.2) is 0 Å². The summed E-state index contributed by atoms with van der Waals surface area (Å²) in [5.74, 6) is -0.206. The van der Waals surface area contributed by atoms with Crippen LogP contribution in [0.15, 0.2) is 52.0 Å². The molecule has 0 saturated carbocycles. The molecule has 128 valence electrons. The van der Waals surface area contributed by atoms with E-state index in [-0.39, 0.29) is 5.96 Å². The second-order valence-corrected chi connectivity index (χ2v) is 7.03. The lowest BCUT2D eigenvalue weighted by Crippen LogP contribution is -2.26. The third-order valence-electron chi connectivity index (χ3n) is 3.99. The highest BCUT2D eigenvalue weighted by Gasteiger charge is 2.19. The fourth-order valence-corrected chi connectivity index (χ4v) is 3.37. The number of fused-ring (bicyclic) bond motifs is 1. The number of hydrazone groups is 1. The van der Waals surface area contributed by atoms with Gasteiger partial charge >= 0.3 is 0 Å². The number of nitrogens with two attached hydrogens (primary N) is 1. The number of nitrogens with one attached hydrogen (secondary N) is 2. The number of aromatic nitrogens is 1. The van der Waals surface area contributed by atoms with Gasteiger partial charge in [-0.1, -0.05) is 39.7 Å². The lowest BCUT2D eigenvalue weighted by Gasteiger charge is -2.09. The summed E-state index contributed by atoms with van der Waals surface area (Å²) in [6.45, 7) is 1.88. The second-order valence-electron chi connectivity index (χ2n) is 5.67. The first-order chi connectivity index (χ1) is 11.9. The predicted octanol–water partition coefficient (Wildman–Crippen LogP) is 4.47. The molecule has 0 fully saturated rings. The van der Waals surface area contributed by atoms with Gasteiger partial charge in [0.05, 0.1) is 11.4 Å². The van der Waals surface area contributed by atoms with Crippen molar-refractivity contribution in [2.45, 2.75) is 6.92 Å². The normalized spacial score (nSPS) is 11.8. The number of benzene rings is 2. The van der Waals surface area contributed by atoms with Crippen molar-refractivity contribution in [3.05, 3.63) is 57.5 Å². The fourth-order valence-electron chi connectivity index (χ4n) is 2.93. The van der Waals surface area contributed by atoms with Crippen LogP contribution in [0.1, 0.15) is 12.5 Å². The van der Waals surface area contributed by atoms with E-state index in [2.05, 4.69) is 43.2 Å². The van der Waals surface area contributed by atoms with Crippen molar-refractivity contribution < 1.29 is 0 Å². The number of halogens is 2. The largest absolute Gasteiger partial charge is 0.369 e. The number of guanidine groups is 1. The molecule has 0 radical (unpaired) electrons. The number of aryl methyl sites for hydroxylation is 1. The fraction of sp³-hybridized carbons (Fsp3) is 0.111. The maximum atomic E-state index is 7.32. The second kappa shape index (κ2) is 6.90. The Morgan fingerprint density at radius 1 is 1.24 bits per heavy atom. The van der Waals surface area contributed by atoms with Gasteiger partial charge in [0.1, 0.15) is 0 Å². The van der Waals surface area contributed by atoms with E-state index in [1.165, 1.54) is 0 Å². The summed E-state index contributed by atoms with van der Waals surface area (Å²) in [4.78, 5) is 0. The summed E-state index contributed by atoms with van der Waals surface area (Å²) in [7, 11) is 2.02. The minimum absolute atomic E-state index is 0.206. The highest BCUT2D eigenvalue weighted by Crippen LogP contribution is 2.35. The Balaban J connectivity index is 2.32. The zero-order chi connectivity index (χ0) is 18.1. The molecule has 0 unspecified atom stereocenters. The van der Waals surface area contributed by atoms with Crippen LogP contribution in [-0.2, 0) is 7.05 Å². The van der Waals surface area contributed by atoms with E-state index in [0.717, 1.165) is 37.9 Å². The molecule has 0 amide bonds. The zero-order valence-corrected chi connectivity index (χ0v) is 16.1. The maximum absolute atomic E-state index is 7.32. The molecule has 3 rings (SSSR count). The quantitative estimate of drug-likeness (QED) is 0.333. The van der Waals surface area contributed by atoms with Gasteiger partial charge in [0.25, 0.3) is 0 Å². The van der Waals surface area contributed by atoms with Gasteiger partial charge in [0, 0.05) is 33.0 Å². The van der Waals surface area contributed by atoms with Gasteiger partial charge < -0.3 is 10.3 Å². The summed E-state index contributed by atoms with van der Waals surface area (Å²) in [6, 6.07) is 13.9. The van der Waals surface area contributed by atoms with Crippen LogP contribution in [0.4, 0.5) is 0 Å². The van der Waals surface area contributed by atoms with Crippen LogP contribution < -0.4 is 11.2 Å². The van der Waals surface area contributed by atoms with E-state index in [9.17, 15) is 0 Å². The molecule has 1 aromatic heterocycles. The monoisotopic (exact) mass is 417 g/mol. The lowest BCUT2D eigenvalue weighted by atomic mass is 10.0. The summed E-state index contributed by atoms with van der Waals surface area (Å²) in [5, 5.41) is 13.2. The molecule has 0 aliphatic carbocycles. The Labute approximate surface area is 159 Å². The average Bonchev–Trinajstić information content (AvgIpc) is 2.85. The topological polar surface area (TPSA) is 79.2 Å². The van der Waals surface area contributed by atoms with Gasteiger partial charge in [-0.05, 0) is 42.8 Å². The molecule has 3 aromatic rings. The SMILES string of the molecule is C/C(=N/NC(=N)N)c1c(-c2ccc(Br)cc2)n(C)c2ccc(Cl)cc12.